The van der Waals surface area contributed by atoms with Gasteiger partial charge in [-0.25, -0.2) is 9.78 Å². The number of carboxylic acid groups (broad SMARTS) is 1. The van der Waals surface area contributed by atoms with Crippen molar-refractivity contribution in [3.63, 3.8) is 0 Å². The first-order valence-corrected chi connectivity index (χ1v) is 4.20. The van der Waals surface area contributed by atoms with E-state index in [2.05, 4.69) is 4.98 Å². The molecule has 0 radical (unpaired) electrons. The zero-order chi connectivity index (χ0) is 9.14. The predicted molar refractivity (Wildman–Crippen MR) is 44.2 cm³/mol. The lowest BCUT2D eigenvalue weighted by molar-refractivity contribution is -0.148. The Hall–Kier alpha value is -0.940. The molecule has 4 nitrogen and oxygen atoms in total. The number of aryl methyl sites for hydroxylation is 1. The molecule has 5 heteroatoms. The number of aromatic nitrogens is 1. The molecule has 0 bridgehead atoms. The second kappa shape index (κ2) is 3.64. The Morgan fingerprint density at radius 3 is 2.83 bits per heavy atom. The van der Waals surface area contributed by atoms with Crippen LogP contribution in [0.15, 0.2) is 5.38 Å². The van der Waals surface area contributed by atoms with Gasteiger partial charge in [-0.1, -0.05) is 0 Å². The molecule has 1 unspecified atom stereocenters. The number of thiazole rings is 1. The van der Waals surface area contributed by atoms with Crippen molar-refractivity contribution in [2.75, 3.05) is 7.11 Å². The van der Waals surface area contributed by atoms with Crippen molar-refractivity contribution in [1.29, 1.82) is 0 Å². The van der Waals surface area contributed by atoms with E-state index >= 15 is 0 Å². The number of rotatable bonds is 3. The van der Waals surface area contributed by atoms with Crippen LogP contribution in [-0.2, 0) is 9.53 Å². The smallest absolute Gasteiger partial charge is 0.340 e. The van der Waals surface area contributed by atoms with Crippen molar-refractivity contribution < 1.29 is 14.6 Å². The van der Waals surface area contributed by atoms with E-state index in [1.54, 1.807) is 5.38 Å². The number of carboxylic acids is 1. The number of hydrogen-bond donors (Lipinski definition) is 1. The summed E-state index contributed by atoms with van der Waals surface area (Å²) in [7, 11) is 1.36. The van der Waals surface area contributed by atoms with E-state index in [4.69, 9.17) is 9.84 Å². The third-order valence-corrected chi connectivity index (χ3v) is 2.33. The third kappa shape index (κ3) is 1.80. The molecule has 0 amide bonds. The first kappa shape index (κ1) is 9.15. The lowest BCUT2D eigenvalue weighted by atomic mass is 10.4. The van der Waals surface area contributed by atoms with Gasteiger partial charge in [0.25, 0.3) is 0 Å². The first-order valence-electron chi connectivity index (χ1n) is 3.32. The molecule has 66 valence electrons. The second-order valence-corrected chi connectivity index (χ2v) is 3.17. The van der Waals surface area contributed by atoms with E-state index in [0.717, 1.165) is 5.69 Å². The van der Waals surface area contributed by atoms with Gasteiger partial charge in [0.05, 0.1) is 0 Å². The highest BCUT2D eigenvalue weighted by atomic mass is 32.1. The van der Waals surface area contributed by atoms with Crippen molar-refractivity contribution in [3.8, 4) is 0 Å². The van der Waals surface area contributed by atoms with Gasteiger partial charge in [0.2, 0.25) is 6.10 Å². The summed E-state index contributed by atoms with van der Waals surface area (Å²) in [6, 6.07) is 0. The van der Waals surface area contributed by atoms with E-state index in [9.17, 15) is 4.79 Å². The monoisotopic (exact) mass is 187 g/mol. The SMILES string of the molecule is COC(C(=O)O)c1nc(C)cs1. The standard InChI is InChI=1S/C7H9NO3S/c1-4-3-12-6(8-4)5(11-2)7(9)10/h3,5H,1-2H3,(H,9,10). The molecule has 0 fully saturated rings. The quantitative estimate of drug-likeness (QED) is 0.773. The molecule has 0 aliphatic rings. The van der Waals surface area contributed by atoms with Crippen LogP contribution < -0.4 is 0 Å². The molecule has 0 spiro atoms. The lowest BCUT2D eigenvalue weighted by Crippen LogP contribution is -2.13. The molecule has 12 heavy (non-hydrogen) atoms. The number of nitrogens with zero attached hydrogens (tertiary/aromatic N) is 1. The number of aliphatic carboxylic acids is 1. The van der Waals surface area contributed by atoms with Crippen molar-refractivity contribution in [2.45, 2.75) is 13.0 Å². The Morgan fingerprint density at radius 1 is 1.83 bits per heavy atom. The van der Waals surface area contributed by atoms with Crippen molar-refractivity contribution in [2.24, 2.45) is 0 Å². The Balaban J connectivity index is 2.87. The normalized spacial score (nSPS) is 12.8. The Bertz CT molecular complexity index is 284. The fourth-order valence-corrected chi connectivity index (χ4v) is 1.66. The van der Waals surface area contributed by atoms with Gasteiger partial charge in [-0.15, -0.1) is 11.3 Å². The van der Waals surface area contributed by atoms with Crippen LogP contribution in [0, 0.1) is 6.92 Å². The largest absolute Gasteiger partial charge is 0.479 e. The fraction of sp³-hybridized carbons (Fsp3) is 0.429. The Kier molecular flexibility index (Phi) is 2.78. The minimum absolute atomic E-state index is 0.488. The number of methoxy groups -OCH3 is 1. The maximum absolute atomic E-state index is 10.6. The molecule has 0 aliphatic heterocycles. The molecule has 1 atom stereocenters. The number of ether oxygens (including phenoxy) is 1. The number of hydrogen-bond acceptors (Lipinski definition) is 4. The van der Waals surface area contributed by atoms with E-state index in [1.807, 2.05) is 6.92 Å². The first-order chi connectivity index (χ1) is 5.65. The van der Waals surface area contributed by atoms with Crippen molar-refractivity contribution in [1.82, 2.24) is 4.98 Å². The van der Waals surface area contributed by atoms with Gasteiger partial charge in [-0.2, -0.15) is 0 Å². The topological polar surface area (TPSA) is 59.4 Å². The minimum atomic E-state index is -1.01. The molecule has 1 heterocycles. The van der Waals surface area contributed by atoms with E-state index in [-0.39, 0.29) is 0 Å². The van der Waals surface area contributed by atoms with Crippen LogP contribution in [0.25, 0.3) is 0 Å². The summed E-state index contributed by atoms with van der Waals surface area (Å²) in [5, 5.41) is 11.0. The van der Waals surface area contributed by atoms with Gasteiger partial charge in [-0.05, 0) is 6.92 Å². The average molecular weight is 187 g/mol. The fourth-order valence-electron chi connectivity index (χ4n) is 0.800. The molecule has 1 aromatic rings. The zero-order valence-corrected chi connectivity index (χ0v) is 7.59. The highest BCUT2D eigenvalue weighted by molar-refractivity contribution is 7.09. The van der Waals surface area contributed by atoms with Gasteiger partial charge in [0, 0.05) is 18.2 Å². The molecular weight excluding hydrogens is 178 g/mol. The summed E-state index contributed by atoms with van der Waals surface area (Å²) < 4.78 is 4.76. The molecule has 0 saturated carbocycles. The second-order valence-electron chi connectivity index (χ2n) is 2.28. The van der Waals surface area contributed by atoms with Gasteiger partial charge in [0.15, 0.2) is 0 Å². The maximum Gasteiger partial charge on any atom is 0.340 e. The van der Waals surface area contributed by atoms with Crippen LogP contribution in [0.2, 0.25) is 0 Å². The molecule has 1 aromatic heterocycles. The highest BCUT2D eigenvalue weighted by Crippen LogP contribution is 2.20. The van der Waals surface area contributed by atoms with E-state index in [1.165, 1.54) is 18.4 Å². The van der Waals surface area contributed by atoms with Gasteiger partial charge >= 0.3 is 5.97 Å². The van der Waals surface area contributed by atoms with E-state index in [0.29, 0.717) is 5.01 Å². The van der Waals surface area contributed by atoms with Crippen LogP contribution in [0.1, 0.15) is 16.8 Å². The van der Waals surface area contributed by atoms with Gasteiger partial charge in [0.1, 0.15) is 5.01 Å². The van der Waals surface area contributed by atoms with E-state index < -0.39 is 12.1 Å². The van der Waals surface area contributed by atoms with Crippen LogP contribution in [-0.4, -0.2) is 23.2 Å². The number of carbonyl (C=O) groups is 1. The molecule has 1 rings (SSSR count). The van der Waals surface area contributed by atoms with Crippen molar-refractivity contribution >= 4 is 17.3 Å². The van der Waals surface area contributed by atoms with Crippen LogP contribution in [0.3, 0.4) is 0 Å². The molecular formula is C7H9NO3S. The summed E-state index contributed by atoms with van der Waals surface area (Å²) >= 11 is 1.29. The predicted octanol–water partition coefficient (Wildman–Crippen LogP) is 1.22. The summed E-state index contributed by atoms with van der Waals surface area (Å²) in [6.07, 6.45) is -0.927. The van der Waals surface area contributed by atoms with Crippen LogP contribution in [0.4, 0.5) is 0 Å². The molecule has 0 aliphatic carbocycles. The lowest BCUT2D eigenvalue weighted by Gasteiger charge is -2.05. The Labute approximate surface area is 73.8 Å². The summed E-state index contributed by atoms with van der Waals surface area (Å²) in [4.78, 5) is 14.6. The van der Waals surface area contributed by atoms with Crippen molar-refractivity contribution in [3.05, 3.63) is 16.1 Å². The average Bonchev–Trinajstić information content (AvgIpc) is 2.37. The minimum Gasteiger partial charge on any atom is -0.479 e. The summed E-state index contributed by atoms with van der Waals surface area (Å²) in [5.41, 5.74) is 0.818. The molecule has 0 aromatic carbocycles. The molecule has 0 saturated heterocycles. The van der Waals surface area contributed by atoms with Crippen LogP contribution in [0.5, 0.6) is 0 Å². The maximum atomic E-state index is 10.6. The summed E-state index contributed by atoms with van der Waals surface area (Å²) in [5.74, 6) is -1.01. The summed E-state index contributed by atoms with van der Waals surface area (Å²) in [6.45, 7) is 1.81. The van der Waals surface area contributed by atoms with Crippen LogP contribution >= 0.6 is 11.3 Å². The van der Waals surface area contributed by atoms with Gasteiger partial charge in [-0.3, -0.25) is 0 Å². The van der Waals surface area contributed by atoms with Gasteiger partial charge < -0.3 is 9.84 Å². The molecule has 1 N–H and O–H groups in total. The third-order valence-electron chi connectivity index (χ3n) is 1.32. The Morgan fingerprint density at radius 2 is 2.50 bits per heavy atom. The highest BCUT2D eigenvalue weighted by Gasteiger charge is 2.21. The zero-order valence-electron chi connectivity index (χ0n) is 6.77.